The molecule has 4 rings (SSSR count). The number of fused-ring (bicyclic) bond motifs is 3. The molecule has 11 nitrogen and oxygen atoms in total. The minimum Gasteiger partial charge on any atom is -0.480 e. The zero-order valence-corrected chi connectivity index (χ0v) is 25.7. The van der Waals surface area contributed by atoms with Crippen LogP contribution in [0.1, 0.15) is 69.9 Å². The lowest BCUT2D eigenvalue weighted by Crippen LogP contribution is -2.46. The number of alkyl carbamates (subject to hydrolysis) is 2. The van der Waals surface area contributed by atoms with Crippen molar-refractivity contribution in [2.75, 3.05) is 32.8 Å². The Labute approximate surface area is 258 Å². The lowest BCUT2D eigenvalue weighted by Gasteiger charge is -2.32. The van der Waals surface area contributed by atoms with Crippen LogP contribution in [0.5, 0.6) is 0 Å². The fourth-order valence-electron chi connectivity index (χ4n) is 5.66. The summed E-state index contributed by atoms with van der Waals surface area (Å²) >= 11 is 0. The van der Waals surface area contributed by atoms with Crippen LogP contribution in [0.15, 0.2) is 48.5 Å². The van der Waals surface area contributed by atoms with Gasteiger partial charge in [0.1, 0.15) is 18.2 Å². The number of unbranched alkanes of at least 4 members (excludes halogenated alkanes) is 1. The molecule has 11 heteroatoms. The summed E-state index contributed by atoms with van der Waals surface area (Å²) in [6, 6.07) is 14.8. The van der Waals surface area contributed by atoms with Crippen molar-refractivity contribution in [1.29, 1.82) is 0 Å². The van der Waals surface area contributed by atoms with Crippen LogP contribution in [0.25, 0.3) is 11.1 Å². The third-order valence-corrected chi connectivity index (χ3v) is 7.74. The van der Waals surface area contributed by atoms with Crippen LogP contribution >= 0.6 is 0 Å². The molecule has 1 fully saturated rings. The van der Waals surface area contributed by atoms with Gasteiger partial charge in [-0.1, -0.05) is 48.5 Å². The van der Waals surface area contributed by atoms with Gasteiger partial charge in [0.15, 0.2) is 0 Å². The highest BCUT2D eigenvalue weighted by Crippen LogP contribution is 2.44. The number of benzene rings is 2. The van der Waals surface area contributed by atoms with Gasteiger partial charge in [-0.05, 0) is 75.1 Å². The second-order valence-electron chi connectivity index (χ2n) is 12.3. The van der Waals surface area contributed by atoms with E-state index in [4.69, 9.17) is 14.2 Å². The Morgan fingerprint density at radius 3 is 2.11 bits per heavy atom. The number of rotatable bonds is 12. The minimum atomic E-state index is -1.16. The molecule has 1 atom stereocenters. The number of hydrogen-bond donors (Lipinski definition) is 3. The summed E-state index contributed by atoms with van der Waals surface area (Å²) in [6.07, 6.45) is 1.11. The molecule has 0 saturated carbocycles. The molecule has 0 radical (unpaired) electrons. The number of likely N-dealkylation sites (tertiary alicyclic amines) is 1. The van der Waals surface area contributed by atoms with Crippen molar-refractivity contribution >= 4 is 24.1 Å². The zero-order valence-electron chi connectivity index (χ0n) is 25.7. The highest BCUT2D eigenvalue weighted by molar-refractivity contribution is 5.81. The van der Waals surface area contributed by atoms with Gasteiger partial charge in [-0.2, -0.15) is 0 Å². The van der Waals surface area contributed by atoms with Gasteiger partial charge in [-0.25, -0.2) is 14.4 Å². The van der Waals surface area contributed by atoms with Crippen molar-refractivity contribution in [1.82, 2.24) is 15.5 Å². The summed E-state index contributed by atoms with van der Waals surface area (Å²) in [4.78, 5) is 50.6. The van der Waals surface area contributed by atoms with E-state index >= 15 is 0 Å². The minimum absolute atomic E-state index is 0.0461. The van der Waals surface area contributed by atoms with Gasteiger partial charge in [0.2, 0.25) is 0 Å². The van der Waals surface area contributed by atoms with Crippen molar-refractivity contribution in [3.63, 3.8) is 0 Å². The first-order valence-electron chi connectivity index (χ1n) is 15.2. The Balaban J connectivity index is 1.11. The number of nitrogens with zero attached hydrogens (tertiary/aromatic N) is 1. The molecule has 2 aromatic carbocycles. The Morgan fingerprint density at radius 1 is 0.909 bits per heavy atom. The Hall–Kier alpha value is -4.12. The molecule has 1 aliphatic carbocycles. The zero-order chi connectivity index (χ0) is 31.7. The molecule has 238 valence electrons. The fraction of sp³-hybridized carbons (Fsp3) is 0.515. The lowest BCUT2D eigenvalue weighted by atomic mass is 9.98. The molecule has 2 aliphatic rings. The van der Waals surface area contributed by atoms with Crippen LogP contribution in [0.2, 0.25) is 0 Å². The molecule has 44 heavy (non-hydrogen) atoms. The summed E-state index contributed by atoms with van der Waals surface area (Å²) in [6.45, 7) is 7.28. The number of carbonyl (C=O) groups is 4. The average Bonchev–Trinajstić information content (AvgIpc) is 3.29. The van der Waals surface area contributed by atoms with E-state index in [1.807, 2.05) is 74.2 Å². The van der Waals surface area contributed by atoms with Crippen molar-refractivity contribution in [2.45, 2.75) is 76.5 Å². The predicted octanol–water partition coefficient (Wildman–Crippen LogP) is 4.68. The molecular formula is C33H43N3O8. The highest BCUT2D eigenvalue weighted by Gasteiger charge is 2.30. The lowest BCUT2D eigenvalue weighted by molar-refractivity contribution is -0.156. The van der Waals surface area contributed by atoms with E-state index in [-0.39, 0.29) is 44.1 Å². The number of ether oxygens (including phenoxy) is 3. The molecule has 1 heterocycles. The molecule has 2 amide bonds. The molecule has 2 aromatic rings. The Morgan fingerprint density at radius 2 is 1.52 bits per heavy atom. The number of amides is 2. The van der Waals surface area contributed by atoms with Crippen LogP contribution in [0.3, 0.4) is 0 Å². The topological polar surface area (TPSA) is 144 Å². The Kier molecular flexibility index (Phi) is 11.2. The molecule has 1 saturated heterocycles. The molecule has 1 aliphatic heterocycles. The fourth-order valence-corrected chi connectivity index (χ4v) is 5.66. The third kappa shape index (κ3) is 9.44. The molecule has 0 spiro atoms. The second kappa shape index (κ2) is 15.1. The van der Waals surface area contributed by atoms with Gasteiger partial charge >= 0.3 is 24.1 Å². The van der Waals surface area contributed by atoms with E-state index < -0.39 is 29.8 Å². The van der Waals surface area contributed by atoms with Crippen LogP contribution in [-0.2, 0) is 23.8 Å². The maximum absolute atomic E-state index is 12.5. The normalized spacial score (nSPS) is 15.9. The number of aliphatic carboxylic acids is 1. The van der Waals surface area contributed by atoms with E-state index in [0.717, 1.165) is 22.3 Å². The SMILES string of the molecule is CC(C)(C)OC(=O)CN1CCC(NC(=O)OCCCC[C@@H](NC(=O)OCC2c3ccccc3-c3ccccc32)C(=O)O)CC1. The summed E-state index contributed by atoms with van der Waals surface area (Å²) in [5, 5.41) is 14.9. The quantitative estimate of drug-likeness (QED) is 0.178. The van der Waals surface area contributed by atoms with Crippen LogP contribution < -0.4 is 10.6 Å². The van der Waals surface area contributed by atoms with Crippen LogP contribution in [0, 0.1) is 0 Å². The van der Waals surface area contributed by atoms with Gasteiger partial charge in [-0.15, -0.1) is 0 Å². The highest BCUT2D eigenvalue weighted by atomic mass is 16.6. The summed E-state index contributed by atoms with van der Waals surface area (Å²) in [5.41, 5.74) is 3.84. The van der Waals surface area contributed by atoms with Gasteiger partial charge in [0, 0.05) is 25.0 Å². The van der Waals surface area contributed by atoms with Crippen molar-refractivity contribution in [3.05, 3.63) is 59.7 Å². The van der Waals surface area contributed by atoms with Gasteiger partial charge in [-0.3, -0.25) is 9.69 Å². The molecule has 0 aromatic heterocycles. The molecule has 3 N–H and O–H groups in total. The number of carbonyl (C=O) groups excluding carboxylic acids is 3. The monoisotopic (exact) mass is 609 g/mol. The van der Waals surface area contributed by atoms with E-state index in [0.29, 0.717) is 38.8 Å². The van der Waals surface area contributed by atoms with E-state index in [1.54, 1.807) is 0 Å². The summed E-state index contributed by atoms with van der Waals surface area (Å²) in [5.74, 6) is -1.54. The maximum atomic E-state index is 12.5. The van der Waals surface area contributed by atoms with Gasteiger partial charge in [0.05, 0.1) is 13.2 Å². The first kappa shape index (κ1) is 32.8. The standard InChI is InChI=1S/C33H43N3O8/c1-33(2,3)44-29(37)20-36-17-15-22(16-18-36)34-31(40)42-19-9-8-14-28(30(38)39)35-32(41)43-21-27-25-12-6-4-10-23(25)24-11-5-7-13-26(24)27/h4-7,10-13,22,27-28H,8-9,14-21H2,1-3H3,(H,34,40)(H,35,41)(H,38,39)/t28-/m1/s1. The number of piperidine rings is 1. The summed E-state index contributed by atoms with van der Waals surface area (Å²) < 4.78 is 16.1. The second-order valence-corrected chi connectivity index (χ2v) is 12.3. The van der Waals surface area contributed by atoms with E-state index in [9.17, 15) is 24.3 Å². The van der Waals surface area contributed by atoms with E-state index in [1.165, 1.54) is 0 Å². The van der Waals surface area contributed by atoms with Crippen molar-refractivity contribution < 1.29 is 38.5 Å². The van der Waals surface area contributed by atoms with Gasteiger partial charge in [0.25, 0.3) is 0 Å². The maximum Gasteiger partial charge on any atom is 0.407 e. The summed E-state index contributed by atoms with van der Waals surface area (Å²) in [7, 11) is 0. The number of carboxylic acid groups (broad SMARTS) is 1. The number of carboxylic acids is 1. The largest absolute Gasteiger partial charge is 0.480 e. The first-order valence-corrected chi connectivity index (χ1v) is 15.2. The third-order valence-electron chi connectivity index (χ3n) is 7.74. The number of esters is 1. The Bertz CT molecular complexity index is 1270. The van der Waals surface area contributed by atoms with Gasteiger partial charge < -0.3 is 30.0 Å². The van der Waals surface area contributed by atoms with Crippen molar-refractivity contribution in [3.8, 4) is 11.1 Å². The van der Waals surface area contributed by atoms with E-state index in [2.05, 4.69) is 10.6 Å². The predicted molar refractivity (Wildman–Crippen MR) is 163 cm³/mol. The molecule has 0 bridgehead atoms. The van der Waals surface area contributed by atoms with Crippen LogP contribution in [-0.4, -0.2) is 84.7 Å². The number of nitrogens with one attached hydrogen (secondary N) is 2. The molecular weight excluding hydrogens is 566 g/mol. The van der Waals surface area contributed by atoms with Crippen molar-refractivity contribution in [2.24, 2.45) is 0 Å². The van der Waals surface area contributed by atoms with Crippen LogP contribution in [0.4, 0.5) is 9.59 Å². The first-order chi connectivity index (χ1) is 21.0. The average molecular weight is 610 g/mol. The molecule has 0 unspecified atom stereocenters. The smallest absolute Gasteiger partial charge is 0.407 e. The number of hydrogen-bond acceptors (Lipinski definition) is 8.